The van der Waals surface area contributed by atoms with Crippen LogP contribution in [0.25, 0.3) is 0 Å². The number of benzene rings is 2. The normalized spacial score (nSPS) is 15.3. The van der Waals surface area contributed by atoms with E-state index in [1.165, 1.54) is 11.3 Å². The van der Waals surface area contributed by atoms with E-state index < -0.39 is 0 Å². The lowest BCUT2D eigenvalue weighted by Gasteiger charge is -2.38. The van der Waals surface area contributed by atoms with Gasteiger partial charge >= 0.3 is 0 Å². The molecular formula is C27H33N5O3. The van der Waals surface area contributed by atoms with Crippen molar-refractivity contribution < 1.29 is 14.3 Å². The first-order valence-electron chi connectivity index (χ1n) is 12.0. The Morgan fingerprint density at radius 2 is 1.74 bits per heavy atom. The number of rotatable bonds is 8. The number of nitrogens with zero attached hydrogens (tertiary/aromatic N) is 2. The second-order valence-corrected chi connectivity index (χ2v) is 8.68. The molecule has 2 heterocycles. The molecule has 2 aromatic carbocycles. The molecule has 1 fully saturated rings. The van der Waals surface area contributed by atoms with Gasteiger partial charge in [-0.1, -0.05) is 18.2 Å². The molecule has 0 unspecified atom stereocenters. The van der Waals surface area contributed by atoms with Crippen molar-refractivity contribution in [1.82, 2.24) is 5.32 Å². The average Bonchev–Trinajstić information content (AvgIpc) is 2.90. The Labute approximate surface area is 206 Å². The Hall–Kier alpha value is -3.78. The zero-order chi connectivity index (χ0) is 24.6. The molecule has 8 nitrogen and oxygen atoms in total. The topological polar surface area (TPSA) is 99.9 Å². The number of allylic oxidation sites excluding steroid dienone is 2. The van der Waals surface area contributed by atoms with Gasteiger partial charge in [-0.15, -0.1) is 0 Å². The van der Waals surface area contributed by atoms with Crippen molar-refractivity contribution in [3.63, 3.8) is 0 Å². The Bertz CT molecular complexity index is 1120. The van der Waals surface area contributed by atoms with Crippen molar-refractivity contribution >= 4 is 28.9 Å². The maximum Gasteiger partial charge on any atom is 0.255 e. The largest absolute Gasteiger partial charge is 0.496 e. The molecule has 4 rings (SSSR count). The summed E-state index contributed by atoms with van der Waals surface area (Å²) in [6.45, 7) is 6.70. The van der Waals surface area contributed by atoms with E-state index in [2.05, 4.69) is 51.6 Å². The number of para-hydroxylation sites is 1. The minimum atomic E-state index is -0.241. The van der Waals surface area contributed by atoms with E-state index in [1.54, 1.807) is 24.5 Å². The number of amides is 2. The lowest BCUT2D eigenvalue weighted by atomic mass is 10.1. The quantitative estimate of drug-likeness (QED) is 0.508. The van der Waals surface area contributed by atoms with E-state index in [1.807, 2.05) is 12.1 Å². The van der Waals surface area contributed by atoms with Crippen LogP contribution in [-0.2, 0) is 9.53 Å². The average molecular weight is 476 g/mol. The van der Waals surface area contributed by atoms with Crippen LogP contribution in [0.1, 0.15) is 22.3 Å². The smallest absolute Gasteiger partial charge is 0.255 e. The highest BCUT2D eigenvalue weighted by molar-refractivity contribution is 6.07. The number of ether oxygens (including phenoxy) is 1. The van der Waals surface area contributed by atoms with E-state index in [0.29, 0.717) is 36.3 Å². The van der Waals surface area contributed by atoms with E-state index in [-0.39, 0.29) is 18.4 Å². The highest BCUT2D eigenvalue weighted by atomic mass is 16.5. The van der Waals surface area contributed by atoms with E-state index >= 15 is 0 Å². The van der Waals surface area contributed by atoms with Gasteiger partial charge in [0, 0.05) is 44.0 Å². The number of piperazine rings is 1. The SMILES string of the molecule is Cc1ccccc1N1CCN(c2ccc(C(=O)NCCCN)cc2NC(=O)C2=CC=COC2)CC1. The molecule has 0 atom stereocenters. The van der Waals surface area contributed by atoms with Gasteiger partial charge < -0.3 is 30.9 Å². The molecule has 0 aliphatic carbocycles. The van der Waals surface area contributed by atoms with Crippen LogP contribution < -0.4 is 26.2 Å². The standard InChI is InChI=1S/C27H33N5O3/c1-20-6-2-3-8-24(20)31-13-15-32(16-14-31)25-10-9-21(26(33)29-12-5-11-28)18-23(25)30-27(34)22-7-4-17-35-19-22/h2-4,6-10,17-18H,5,11-16,19,28H2,1H3,(H,29,33)(H,30,34). The first-order valence-corrected chi connectivity index (χ1v) is 12.0. The summed E-state index contributed by atoms with van der Waals surface area (Å²) in [5, 5.41) is 5.90. The fourth-order valence-electron chi connectivity index (χ4n) is 4.31. The molecule has 4 N–H and O–H groups in total. The van der Waals surface area contributed by atoms with Crippen LogP contribution in [0.4, 0.5) is 17.1 Å². The zero-order valence-electron chi connectivity index (χ0n) is 20.1. The van der Waals surface area contributed by atoms with Gasteiger partial charge in [-0.3, -0.25) is 9.59 Å². The van der Waals surface area contributed by atoms with Gasteiger partial charge in [-0.2, -0.15) is 0 Å². The third-order valence-electron chi connectivity index (χ3n) is 6.25. The van der Waals surface area contributed by atoms with Gasteiger partial charge in [-0.25, -0.2) is 0 Å². The predicted molar refractivity (Wildman–Crippen MR) is 140 cm³/mol. The van der Waals surface area contributed by atoms with Gasteiger partial charge in [0.05, 0.1) is 23.2 Å². The van der Waals surface area contributed by atoms with Gasteiger partial charge in [0.1, 0.15) is 6.61 Å². The van der Waals surface area contributed by atoms with Crippen LogP contribution in [0, 0.1) is 6.92 Å². The number of hydrogen-bond donors (Lipinski definition) is 3. The van der Waals surface area contributed by atoms with Crippen LogP contribution in [0.15, 0.2) is 66.5 Å². The highest BCUT2D eigenvalue weighted by Crippen LogP contribution is 2.30. The van der Waals surface area contributed by atoms with Crippen LogP contribution in [0.5, 0.6) is 0 Å². The summed E-state index contributed by atoms with van der Waals surface area (Å²) in [5.74, 6) is -0.428. The number of nitrogens with one attached hydrogen (secondary N) is 2. The zero-order valence-corrected chi connectivity index (χ0v) is 20.1. The molecule has 2 aliphatic heterocycles. The first kappa shape index (κ1) is 24.3. The second-order valence-electron chi connectivity index (χ2n) is 8.68. The lowest BCUT2D eigenvalue weighted by Crippen LogP contribution is -2.47. The van der Waals surface area contributed by atoms with Gasteiger partial charge in [0.15, 0.2) is 0 Å². The molecule has 2 aliphatic rings. The molecule has 0 aromatic heterocycles. The van der Waals surface area contributed by atoms with Crippen molar-refractivity contribution in [3.05, 3.63) is 77.6 Å². The summed E-state index contributed by atoms with van der Waals surface area (Å²) in [4.78, 5) is 30.2. The summed E-state index contributed by atoms with van der Waals surface area (Å²) >= 11 is 0. The van der Waals surface area contributed by atoms with Crippen molar-refractivity contribution in [3.8, 4) is 0 Å². The molecule has 35 heavy (non-hydrogen) atoms. The lowest BCUT2D eigenvalue weighted by molar-refractivity contribution is -0.113. The maximum absolute atomic E-state index is 12.9. The summed E-state index contributed by atoms with van der Waals surface area (Å²) in [6, 6.07) is 13.9. The number of aryl methyl sites for hydroxylation is 1. The number of carbonyl (C=O) groups excluding carboxylic acids is 2. The number of anilines is 3. The molecular weight excluding hydrogens is 442 g/mol. The van der Waals surface area contributed by atoms with Crippen LogP contribution in [-0.4, -0.2) is 57.7 Å². The van der Waals surface area contributed by atoms with E-state index in [9.17, 15) is 9.59 Å². The van der Waals surface area contributed by atoms with Gasteiger partial charge in [0.25, 0.3) is 11.8 Å². The van der Waals surface area contributed by atoms with E-state index in [4.69, 9.17) is 10.5 Å². The molecule has 0 bridgehead atoms. The Kier molecular flexibility index (Phi) is 8.05. The Balaban J connectivity index is 1.53. The third kappa shape index (κ3) is 6.02. The van der Waals surface area contributed by atoms with Crippen LogP contribution in [0.3, 0.4) is 0 Å². The minimum absolute atomic E-state index is 0.187. The van der Waals surface area contributed by atoms with Crippen molar-refractivity contribution in [2.24, 2.45) is 5.73 Å². The number of carbonyl (C=O) groups is 2. The summed E-state index contributed by atoms with van der Waals surface area (Å²) < 4.78 is 5.27. The summed E-state index contributed by atoms with van der Waals surface area (Å²) in [6.07, 6.45) is 5.71. The fraction of sp³-hybridized carbons (Fsp3) is 0.333. The second kappa shape index (κ2) is 11.6. The van der Waals surface area contributed by atoms with Crippen LogP contribution in [0.2, 0.25) is 0 Å². The highest BCUT2D eigenvalue weighted by Gasteiger charge is 2.23. The van der Waals surface area contributed by atoms with Gasteiger partial charge in [0.2, 0.25) is 0 Å². The third-order valence-corrected chi connectivity index (χ3v) is 6.25. The molecule has 1 saturated heterocycles. The Morgan fingerprint density at radius 3 is 2.43 bits per heavy atom. The van der Waals surface area contributed by atoms with Crippen molar-refractivity contribution in [2.75, 3.05) is 61.0 Å². The van der Waals surface area contributed by atoms with Crippen molar-refractivity contribution in [2.45, 2.75) is 13.3 Å². The molecule has 0 saturated carbocycles. The Morgan fingerprint density at radius 1 is 1.00 bits per heavy atom. The first-order chi connectivity index (χ1) is 17.1. The number of nitrogens with two attached hydrogens (primary N) is 1. The molecule has 0 spiro atoms. The molecule has 184 valence electrons. The van der Waals surface area contributed by atoms with E-state index in [0.717, 1.165) is 31.9 Å². The fourth-order valence-corrected chi connectivity index (χ4v) is 4.31. The number of hydrogen-bond acceptors (Lipinski definition) is 6. The summed E-state index contributed by atoms with van der Waals surface area (Å²) in [7, 11) is 0. The molecule has 2 aromatic rings. The molecule has 0 radical (unpaired) electrons. The summed E-state index contributed by atoms with van der Waals surface area (Å²) in [5.41, 5.74) is 10.6. The molecule has 8 heteroatoms. The predicted octanol–water partition coefficient (Wildman–Crippen LogP) is 2.81. The van der Waals surface area contributed by atoms with Gasteiger partial charge in [-0.05, 0) is 61.9 Å². The molecule has 2 amide bonds. The monoisotopic (exact) mass is 475 g/mol. The minimum Gasteiger partial charge on any atom is -0.496 e. The van der Waals surface area contributed by atoms with Crippen molar-refractivity contribution in [1.29, 1.82) is 0 Å². The van der Waals surface area contributed by atoms with Crippen LogP contribution >= 0.6 is 0 Å². The maximum atomic E-state index is 12.9.